The number of benzene rings is 20. The fraction of sp³-hybridized carbons (Fsp3) is 0.0370. The van der Waals surface area contributed by atoms with Crippen LogP contribution in [0.4, 0.5) is 51.2 Å². The van der Waals surface area contributed by atoms with Gasteiger partial charge in [-0.15, -0.1) is 0 Å². The van der Waals surface area contributed by atoms with Crippen LogP contribution in [0.2, 0.25) is 0 Å². The number of rotatable bonds is 13. The molecule has 0 spiro atoms. The standard InChI is InChI=1S/C67H46N4.C43H29BrN2.C25H19N/c1-5-23-47(24-6-1)66(48-25-7-2-8-26-48)56-33-15-20-38-62(56)70(63-39-21-16-34-57(63)66)52-43-51(69-60-36-18-13-31-54(60)55-32-14-19-37-61(55)69)44-53(45-52)71-64-40-22-17-35-58(64)67(49-27-9-3-10-28-49,50-29-11-4-12-30-50)59-41-42-68-46-65(59)71;44-32-27-33(45-39-23-11-7-19-35(39)36-20-8-12-24-40(36)45)29-34(28-32)46-41-25-13-9-21-37(41)43(30-15-3-1-4-16-30,31-17-5-2-6-18-31)38-22-10-14-26-42(38)46;1-3-10-21(11-4-1)25(22-12-5-2-6-13-22)23-14-8-7-9-19(23)17-20-18-26-16-15-24(20)25/h1-46H;1-29H;1-16,18H,17H2. The van der Waals surface area contributed by atoms with Crippen LogP contribution in [0.1, 0.15) is 100 Å². The lowest BCUT2D eigenvalue weighted by molar-refractivity contribution is 0.700. The Kier molecular flexibility index (Phi) is 21.3. The Hall–Kier alpha value is -17.8. The summed E-state index contributed by atoms with van der Waals surface area (Å²) >= 11 is 3.93. The average molecular weight is 1890 g/mol. The summed E-state index contributed by atoms with van der Waals surface area (Å²) in [7, 11) is 0. The van der Waals surface area contributed by atoms with E-state index < -0.39 is 16.2 Å². The molecule has 8 heteroatoms. The van der Waals surface area contributed by atoms with E-state index in [0.717, 1.165) is 78.7 Å². The quantitative estimate of drug-likeness (QED) is 0.115. The second-order valence-corrected chi connectivity index (χ2v) is 38.3. The Morgan fingerprint density at radius 3 is 0.727 bits per heavy atom. The van der Waals surface area contributed by atoms with Gasteiger partial charge in [-0.25, -0.2) is 0 Å². The molecule has 28 rings (SSSR count). The molecule has 7 nitrogen and oxygen atoms in total. The number of anilines is 9. The molecule has 20 aromatic carbocycles. The summed E-state index contributed by atoms with van der Waals surface area (Å²) in [5.41, 5.74) is 37.3. The van der Waals surface area contributed by atoms with Gasteiger partial charge in [0.15, 0.2) is 0 Å². The molecule has 676 valence electrons. The third-order valence-electron chi connectivity index (χ3n) is 30.2. The average Bonchev–Trinajstić information content (AvgIpc) is 1.27. The number of pyridine rings is 2. The van der Waals surface area contributed by atoms with Crippen LogP contribution >= 0.6 is 15.9 Å². The maximum Gasteiger partial charge on any atom is 0.0743 e. The van der Waals surface area contributed by atoms with Crippen molar-refractivity contribution < 1.29 is 0 Å². The minimum atomic E-state index is -0.635. The molecule has 0 saturated heterocycles. The summed E-state index contributed by atoms with van der Waals surface area (Å²) in [5.74, 6) is 0. The topological polar surface area (TPSA) is 45.4 Å². The Morgan fingerprint density at radius 1 is 0.182 bits per heavy atom. The monoisotopic (exact) mass is 1890 g/mol. The highest BCUT2D eigenvalue weighted by atomic mass is 79.9. The molecule has 24 aromatic rings. The van der Waals surface area contributed by atoms with Gasteiger partial charge in [0.2, 0.25) is 0 Å². The van der Waals surface area contributed by atoms with Crippen molar-refractivity contribution in [2.24, 2.45) is 0 Å². The molecule has 0 amide bonds. The van der Waals surface area contributed by atoms with E-state index >= 15 is 0 Å². The van der Waals surface area contributed by atoms with Crippen molar-refractivity contribution in [2.75, 3.05) is 14.7 Å². The van der Waals surface area contributed by atoms with Gasteiger partial charge in [-0.3, -0.25) is 9.97 Å². The maximum absolute atomic E-state index is 4.94. The number of aromatic nitrogens is 4. The Morgan fingerprint density at radius 2 is 0.399 bits per heavy atom. The van der Waals surface area contributed by atoms with Crippen LogP contribution in [0.5, 0.6) is 0 Å². The van der Waals surface area contributed by atoms with Crippen LogP contribution in [0, 0.1) is 0 Å². The lowest BCUT2D eigenvalue weighted by atomic mass is 9.60. The number of para-hydroxylation sites is 9. The second kappa shape index (κ2) is 35.6. The van der Waals surface area contributed by atoms with Crippen LogP contribution < -0.4 is 14.7 Å². The predicted molar refractivity (Wildman–Crippen MR) is 592 cm³/mol. The van der Waals surface area contributed by atoms with Crippen molar-refractivity contribution in [3.63, 3.8) is 0 Å². The number of fused-ring (bicyclic) bond motifs is 14. The molecule has 4 aliphatic rings. The number of hydrogen-bond donors (Lipinski definition) is 0. The second-order valence-electron chi connectivity index (χ2n) is 37.4. The molecule has 0 unspecified atom stereocenters. The van der Waals surface area contributed by atoms with Gasteiger partial charge < -0.3 is 23.8 Å². The van der Waals surface area contributed by atoms with Crippen molar-refractivity contribution in [3.8, 4) is 11.4 Å². The van der Waals surface area contributed by atoms with Crippen LogP contribution in [-0.2, 0) is 28.1 Å². The molecule has 0 atom stereocenters. The molecular weight excluding hydrogens is 1800 g/mol. The minimum Gasteiger partial charge on any atom is -0.310 e. The van der Waals surface area contributed by atoms with Gasteiger partial charge in [-0.2, -0.15) is 0 Å². The molecule has 1 aliphatic carbocycles. The predicted octanol–water partition coefficient (Wildman–Crippen LogP) is 33.6. The number of nitrogens with zero attached hydrogens (tertiary/aromatic N) is 7. The minimum absolute atomic E-state index is 0.310. The first-order valence-electron chi connectivity index (χ1n) is 49.1. The van der Waals surface area contributed by atoms with Crippen LogP contribution in [-0.4, -0.2) is 19.1 Å². The van der Waals surface area contributed by atoms with E-state index in [0.29, 0.717) is 0 Å². The fourth-order valence-corrected chi connectivity index (χ4v) is 25.1. The van der Waals surface area contributed by atoms with Gasteiger partial charge in [0, 0.05) is 56.0 Å². The lowest BCUT2D eigenvalue weighted by Crippen LogP contribution is -2.38. The maximum atomic E-state index is 4.94. The van der Waals surface area contributed by atoms with Crippen molar-refractivity contribution in [1.82, 2.24) is 19.1 Å². The van der Waals surface area contributed by atoms with E-state index in [4.69, 9.17) is 4.98 Å². The van der Waals surface area contributed by atoms with Crippen molar-refractivity contribution in [2.45, 2.75) is 28.1 Å². The molecule has 143 heavy (non-hydrogen) atoms. The van der Waals surface area contributed by atoms with E-state index in [9.17, 15) is 0 Å². The van der Waals surface area contributed by atoms with Gasteiger partial charge in [0.25, 0.3) is 0 Å². The molecule has 0 fully saturated rings. The molecule has 0 N–H and O–H groups in total. The first-order chi connectivity index (χ1) is 70.9. The molecule has 0 radical (unpaired) electrons. The van der Waals surface area contributed by atoms with E-state index in [1.807, 2.05) is 18.6 Å². The Labute approximate surface area is 840 Å². The van der Waals surface area contributed by atoms with E-state index in [-0.39, 0.29) is 5.41 Å². The number of halogens is 1. The number of hydrogen-bond acceptors (Lipinski definition) is 5. The highest BCUT2D eigenvalue weighted by molar-refractivity contribution is 9.10. The zero-order chi connectivity index (χ0) is 95.0. The van der Waals surface area contributed by atoms with Gasteiger partial charge in [-0.1, -0.05) is 447 Å². The molecule has 3 aliphatic heterocycles. The normalized spacial score (nSPS) is 13.9. The van der Waals surface area contributed by atoms with Crippen molar-refractivity contribution in [1.29, 1.82) is 0 Å². The molecule has 4 aromatic heterocycles. The molecular formula is C135H94BrN7. The first kappa shape index (κ1) is 85.6. The highest BCUT2D eigenvalue weighted by Gasteiger charge is 2.51. The zero-order valence-electron chi connectivity index (χ0n) is 78.3. The summed E-state index contributed by atoms with van der Waals surface area (Å²) < 4.78 is 5.87. The van der Waals surface area contributed by atoms with Gasteiger partial charge >= 0.3 is 0 Å². The van der Waals surface area contributed by atoms with Crippen LogP contribution in [0.25, 0.3) is 55.0 Å². The zero-order valence-corrected chi connectivity index (χ0v) is 79.9. The van der Waals surface area contributed by atoms with Gasteiger partial charge in [0.05, 0.1) is 101 Å². The third kappa shape index (κ3) is 13.5. The summed E-state index contributed by atoms with van der Waals surface area (Å²) in [6, 6.07) is 195. The van der Waals surface area contributed by atoms with E-state index in [1.165, 1.54) is 139 Å². The largest absolute Gasteiger partial charge is 0.310 e. The fourth-order valence-electron chi connectivity index (χ4n) is 24.6. The van der Waals surface area contributed by atoms with Crippen molar-refractivity contribution in [3.05, 3.63) is 663 Å². The molecule has 0 saturated carbocycles. The van der Waals surface area contributed by atoms with E-state index in [2.05, 4.69) is 585 Å². The summed E-state index contributed by atoms with van der Waals surface area (Å²) in [5, 5.41) is 4.94. The van der Waals surface area contributed by atoms with E-state index in [1.54, 1.807) is 0 Å². The third-order valence-corrected chi connectivity index (χ3v) is 30.6. The highest BCUT2D eigenvalue weighted by Crippen LogP contribution is 2.64. The summed E-state index contributed by atoms with van der Waals surface area (Å²) in [6.45, 7) is 0. The van der Waals surface area contributed by atoms with Gasteiger partial charge in [-0.05, 0) is 210 Å². The SMILES string of the molecule is Brc1cc(N2c3ccccc3C(c3ccccc3)(c3ccccc3)c3ccccc32)cc(-n2c3ccccc3c3ccccc32)c1.c1ccc(C2(c3ccccc3)c3ccccc3Cc3cnccc32)cc1.c1ccc(C2(c3ccccc3)c3ccccc3N(c3cc(N4c5ccccc5C(c5ccccc5)(c5ccccc5)c5ccncc54)cc(-n4c5ccccc5c5ccccc54)c3)c3ccccc32)cc1. The van der Waals surface area contributed by atoms with Crippen LogP contribution in [0.3, 0.4) is 0 Å². The first-order valence-corrected chi connectivity index (χ1v) is 49.9. The van der Waals surface area contributed by atoms with Crippen LogP contribution in [0.15, 0.2) is 563 Å². The molecule has 7 heterocycles. The summed E-state index contributed by atoms with van der Waals surface area (Å²) in [4.78, 5) is 16.8. The lowest BCUT2D eigenvalue weighted by Gasteiger charge is -2.47. The Bertz CT molecular complexity index is 8260. The van der Waals surface area contributed by atoms with Gasteiger partial charge in [0.1, 0.15) is 0 Å². The molecule has 0 bridgehead atoms. The summed E-state index contributed by atoms with van der Waals surface area (Å²) in [6.07, 6.45) is 8.91. The smallest absolute Gasteiger partial charge is 0.0743 e. The Balaban J connectivity index is 0.000000123. The van der Waals surface area contributed by atoms with Crippen molar-refractivity contribution >= 4 is 111 Å².